The van der Waals surface area contributed by atoms with Crippen molar-refractivity contribution >= 4 is 29.8 Å². The van der Waals surface area contributed by atoms with Gasteiger partial charge in [-0.05, 0) is 13.8 Å². The van der Waals surface area contributed by atoms with E-state index in [-0.39, 0.29) is 11.1 Å². The Kier molecular flexibility index (Phi) is 8.61. The van der Waals surface area contributed by atoms with E-state index in [1.54, 1.807) is 0 Å². The molecule has 0 saturated carbocycles. The van der Waals surface area contributed by atoms with Gasteiger partial charge in [-0.25, -0.2) is 24.0 Å². The van der Waals surface area contributed by atoms with Gasteiger partial charge in [-0.2, -0.15) is 26.3 Å². The molecule has 0 amide bonds. The molecular formula is C18H14F6O10. The van der Waals surface area contributed by atoms with E-state index in [0.29, 0.717) is 0 Å². The first kappa shape index (κ1) is 28.2. The molecule has 0 fully saturated rings. The van der Waals surface area contributed by atoms with Gasteiger partial charge in [0, 0.05) is 11.1 Å². The van der Waals surface area contributed by atoms with Crippen LogP contribution in [-0.2, 0) is 47.7 Å². The third-order valence-electron chi connectivity index (χ3n) is 3.43. The molecular weight excluding hydrogens is 490 g/mol. The molecule has 188 valence electrons. The quantitative estimate of drug-likeness (QED) is 0.209. The van der Waals surface area contributed by atoms with Crippen LogP contribution in [0.4, 0.5) is 26.3 Å². The van der Waals surface area contributed by atoms with Crippen LogP contribution < -0.4 is 0 Å². The molecule has 2 unspecified atom stereocenters. The molecule has 0 aliphatic carbocycles. The summed E-state index contributed by atoms with van der Waals surface area (Å²) < 4.78 is 97.3. The Hall–Kier alpha value is -3.85. The van der Waals surface area contributed by atoms with Crippen molar-refractivity contribution in [2.45, 2.75) is 38.4 Å². The van der Waals surface area contributed by atoms with Crippen LogP contribution in [0.5, 0.6) is 0 Å². The van der Waals surface area contributed by atoms with Gasteiger partial charge in [0.05, 0.1) is 0 Å². The summed E-state index contributed by atoms with van der Waals surface area (Å²) in [4.78, 5) is 57.9. The summed E-state index contributed by atoms with van der Waals surface area (Å²) in [5, 5.41) is 0. The summed E-state index contributed by atoms with van der Waals surface area (Å²) in [6.45, 7) is 7.64. The number of halogens is 6. The van der Waals surface area contributed by atoms with Crippen LogP contribution >= 0.6 is 0 Å². The lowest BCUT2D eigenvalue weighted by Crippen LogP contribution is -2.40. The average molecular weight is 504 g/mol. The molecule has 0 spiro atoms. The minimum atomic E-state index is -5.74. The highest BCUT2D eigenvalue weighted by Crippen LogP contribution is 2.33. The molecule has 0 aromatic carbocycles. The number of carbonyl (C=O) groups excluding carboxylic acids is 5. The van der Waals surface area contributed by atoms with Gasteiger partial charge < -0.3 is 23.7 Å². The molecule has 0 bridgehead atoms. The van der Waals surface area contributed by atoms with E-state index in [1.165, 1.54) is 6.92 Å². The molecule has 0 radical (unpaired) electrons. The van der Waals surface area contributed by atoms with Gasteiger partial charge in [0.25, 0.3) is 5.76 Å². The molecule has 0 aromatic heterocycles. The van der Waals surface area contributed by atoms with Gasteiger partial charge in [-0.3, -0.25) is 0 Å². The van der Waals surface area contributed by atoms with E-state index in [2.05, 4.69) is 32.1 Å². The Balaban J connectivity index is 3.50. The smallest absolute Gasteiger partial charge is 0.458 e. The second-order valence-corrected chi connectivity index (χ2v) is 6.40. The summed E-state index contributed by atoms with van der Waals surface area (Å²) in [7, 11) is 0. The fourth-order valence-electron chi connectivity index (χ4n) is 1.90. The summed E-state index contributed by atoms with van der Waals surface area (Å²) in [5.74, 6) is -14.1. The van der Waals surface area contributed by atoms with Gasteiger partial charge in [0.1, 0.15) is 6.61 Å². The van der Waals surface area contributed by atoms with Crippen molar-refractivity contribution in [1.29, 1.82) is 0 Å². The zero-order valence-electron chi connectivity index (χ0n) is 17.1. The van der Waals surface area contributed by atoms with E-state index in [1.807, 2.05) is 0 Å². The zero-order chi connectivity index (χ0) is 26.6. The topological polar surface area (TPSA) is 132 Å². The molecule has 0 N–H and O–H groups in total. The normalized spacial score (nSPS) is 16.8. The van der Waals surface area contributed by atoms with Gasteiger partial charge >= 0.3 is 42.2 Å². The molecule has 1 aliphatic rings. The van der Waals surface area contributed by atoms with Crippen molar-refractivity contribution in [3.63, 3.8) is 0 Å². The maximum absolute atomic E-state index is 12.7. The van der Waals surface area contributed by atoms with Crippen molar-refractivity contribution in [3.8, 4) is 0 Å². The van der Waals surface area contributed by atoms with E-state index in [0.717, 1.165) is 6.92 Å². The first-order chi connectivity index (χ1) is 15.4. The van der Waals surface area contributed by atoms with Crippen molar-refractivity contribution in [3.05, 3.63) is 35.8 Å². The summed E-state index contributed by atoms with van der Waals surface area (Å²) in [6, 6.07) is 0. The Labute approximate surface area is 185 Å². The lowest BCUT2D eigenvalue weighted by Gasteiger charge is -2.24. The van der Waals surface area contributed by atoms with Crippen LogP contribution in [-0.4, -0.2) is 61.0 Å². The van der Waals surface area contributed by atoms with Crippen LogP contribution in [0.2, 0.25) is 0 Å². The van der Waals surface area contributed by atoms with Crippen molar-refractivity contribution in [2.75, 3.05) is 6.61 Å². The number of carbonyl (C=O) groups is 5. The van der Waals surface area contributed by atoms with Gasteiger partial charge in [-0.1, -0.05) is 13.2 Å². The molecule has 1 heterocycles. The summed E-state index contributed by atoms with van der Waals surface area (Å²) >= 11 is 0. The largest absolute Gasteiger partial charge is 0.491 e. The Bertz CT molecular complexity index is 959. The minimum Gasteiger partial charge on any atom is -0.458 e. The van der Waals surface area contributed by atoms with E-state index < -0.39 is 72.5 Å². The Morgan fingerprint density at radius 3 is 1.82 bits per heavy atom. The monoisotopic (exact) mass is 504 g/mol. The number of hydrogen-bond donors (Lipinski definition) is 0. The SMILES string of the molecule is C=C(C)C(=O)OCC(OC(=O)C(=C)C)C1OC(=O)C(OC(=O)C(F)(F)F)=C1OC(=O)C(F)(F)F. The molecule has 0 saturated heterocycles. The molecule has 16 heteroatoms. The number of hydrogen-bond acceptors (Lipinski definition) is 10. The van der Waals surface area contributed by atoms with Crippen LogP contribution in [0.15, 0.2) is 35.8 Å². The van der Waals surface area contributed by atoms with E-state index >= 15 is 0 Å². The third-order valence-corrected chi connectivity index (χ3v) is 3.43. The second kappa shape index (κ2) is 10.4. The van der Waals surface area contributed by atoms with Crippen LogP contribution in [0.1, 0.15) is 13.8 Å². The van der Waals surface area contributed by atoms with Crippen molar-refractivity contribution in [1.82, 2.24) is 0 Å². The third kappa shape index (κ3) is 7.35. The van der Waals surface area contributed by atoms with Crippen LogP contribution in [0, 0.1) is 0 Å². The van der Waals surface area contributed by atoms with Crippen molar-refractivity contribution < 1.29 is 74.0 Å². The number of esters is 5. The lowest BCUT2D eigenvalue weighted by molar-refractivity contribution is -0.199. The highest BCUT2D eigenvalue weighted by Gasteiger charge is 2.52. The number of rotatable bonds is 8. The number of ether oxygens (including phenoxy) is 5. The first-order valence-electron chi connectivity index (χ1n) is 8.58. The van der Waals surface area contributed by atoms with Gasteiger partial charge in [0.15, 0.2) is 6.10 Å². The predicted octanol–water partition coefficient (Wildman–Crippen LogP) is 1.94. The van der Waals surface area contributed by atoms with Crippen LogP contribution in [0.3, 0.4) is 0 Å². The first-order valence-corrected chi connectivity index (χ1v) is 8.58. The molecule has 2 atom stereocenters. The zero-order valence-corrected chi connectivity index (χ0v) is 17.1. The number of alkyl halides is 6. The van der Waals surface area contributed by atoms with E-state index in [9.17, 15) is 50.3 Å². The Morgan fingerprint density at radius 1 is 0.912 bits per heavy atom. The predicted molar refractivity (Wildman–Crippen MR) is 91.7 cm³/mol. The molecule has 34 heavy (non-hydrogen) atoms. The van der Waals surface area contributed by atoms with Gasteiger partial charge in [-0.15, -0.1) is 0 Å². The van der Waals surface area contributed by atoms with Gasteiger partial charge in [0.2, 0.25) is 11.9 Å². The van der Waals surface area contributed by atoms with Crippen LogP contribution in [0.25, 0.3) is 0 Å². The van der Waals surface area contributed by atoms with Crippen molar-refractivity contribution in [2.24, 2.45) is 0 Å². The molecule has 1 rings (SSSR count). The maximum Gasteiger partial charge on any atom is 0.491 e. The molecule has 0 aromatic rings. The maximum atomic E-state index is 12.7. The standard InChI is InChI=1S/C18H14F6O10/c1-6(2)12(25)30-5-8(31-13(26)7(3)4)9-10(33-15(28)17(19,20)21)11(14(27)32-9)34-16(29)18(22,23)24/h8-9H,1,3,5H2,2,4H3. The fraction of sp³-hybridized carbons (Fsp3) is 0.389. The Morgan fingerprint density at radius 2 is 1.38 bits per heavy atom. The highest BCUT2D eigenvalue weighted by molar-refractivity contribution is 5.94. The number of cyclic esters (lactones) is 1. The lowest BCUT2D eigenvalue weighted by atomic mass is 10.1. The summed E-state index contributed by atoms with van der Waals surface area (Å²) in [6.07, 6.45) is -16.0. The highest BCUT2D eigenvalue weighted by atomic mass is 19.4. The minimum absolute atomic E-state index is 0.201. The molecule has 1 aliphatic heterocycles. The molecule has 10 nitrogen and oxygen atoms in total. The average Bonchev–Trinajstić information content (AvgIpc) is 2.98. The second-order valence-electron chi connectivity index (χ2n) is 6.40. The fourth-order valence-corrected chi connectivity index (χ4v) is 1.90. The summed E-state index contributed by atoms with van der Waals surface area (Å²) in [5.41, 5.74) is -0.519. The van der Waals surface area contributed by atoms with E-state index in [4.69, 9.17) is 4.74 Å².